The van der Waals surface area contributed by atoms with Crippen LogP contribution in [-0.2, 0) is 9.53 Å². The van der Waals surface area contributed by atoms with Crippen LogP contribution in [-0.4, -0.2) is 42.2 Å². The average Bonchev–Trinajstić information content (AvgIpc) is 2.83. The van der Waals surface area contributed by atoms with E-state index in [1.807, 2.05) is 34.6 Å². The molecule has 2 N–H and O–H groups in total. The Kier molecular flexibility index (Phi) is 5.33. The summed E-state index contributed by atoms with van der Waals surface area (Å²) in [6.45, 7) is 16.3. The highest BCUT2D eigenvalue weighted by Crippen LogP contribution is 2.31. The largest absolute Gasteiger partial charge is 0.478 e. The molecule has 1 rings (SSSR count). The zero-order valence-corrected chi connectivity index (χ0v) is 15.3. The van der Waals surface area contributed by atoms with E-state index in [0.717, 1.165) is 0 Å². The van der Waals surface area contributed by atoms with Crippen molar-refractivity contribution in [2.75, 3.05) is 13.2 Å². The van der Waals surface area contributed by atoms with Gasteiger partial charge in [0.15, 0.2) is 5.90 Å². The molecule has 5 heteroatoms. The second kappa shape index (κ2) is 6.19. The Labute approximate surface area is 134 Å². The van der Waals surface area contributed by atoms with Crippen LogP contribution in [0.1, 0.15) is 55.4 Å². The summed E-state index contributed by atoms with van der Waals surface area (Å²) in [5, 5.41) is 12.4. The van der Waals surface area contributed by atoms with Crippen molar-refractivity contribution in [3.8, 4) is 0 Å². The van der Waals surface area contributed by atoms with Crippen molar-refractivity contribution in [1.29, 1.82) is 0 Å². The summed E-state index contributed by atoms with van der Waals surface area (Å²) in [6, 6.07) is -0.245. The first kappa shape index (κ1) is 18.9. The number of amides is 1. The van der Waals surface area contributed by atoms with Gasteiger partial charge in [-0.3, -0.25) is 4.79 Å². The van der Waals surface area contributed by atoms with Gasteiger partial charge in [0.25, 0.3) is 0 Å². The van der Waals surface area contributed by atoms with E-state index in [9.17, 15) is 9.90 Å². The van der Waals surface area contributed by atoms with E-state index in [1.54, 1.807) is 0 Å². The molecule has 1 amide bonds. The van der Waals surface area contributed by atoms with Gasteiger partial charge in [-0.25, -0.2) is 4.99 Å². The molecule has 0 bridgehead atoms. The number of nitrogens with one attached hydrogen (secondary N) is 1. The fourth-order valence-electron chi connectivity index (χ4n) is 2.13. The summed E-state index contributed by atoms with van der Waals surface area (Å²) >= 11 is 0. The molecule has 1 aliphatic heterocycles. The molecule has 0 aromatic rings. The van der Waals surface area contributed by atoms with Crippen molar-refractivity contribution in [2.45, 2.75) is 67.5 Å². The number of ether oxygens (including phenoxy) is 1. The van der Waals surface area contributed by atoms with E-state index in [1.165, 1.54) is 0 Å². The number of nitrogens with zero attached hydrogens (tertiary/aromatic N) is 1. The predicted molar refractivity (Wildman–Crippen MR) is 88.9 cm³/mol. The summed E-state index contributed by atoms with van der Waals surface area (Å²) in [5.74, 6) is 0.310. The number of aliphatic imine (C=N–C) groups is 1. The monoisotopic (exact) mass is 312 g/mol. The SMILES string of the molecule is CC(C)(C(=O)NC(CO)C(C)(C)C)C1=NC(C(C)(C)C)CO1. The smallest absolute Gasteiger partial charge is 0.235 e. The van der Waals surface area contributed by atoms with Crippen LogP contribution < -0.4 is 5.32 Å². The van der Waals surface area contributed by atoms with Gasteiger partial charge in [-0.1, -0.05) is 41.5 Å². The van der Waals surface area contributed by atoms with Crippen LogP contribution in [0, 0.1) is 16.2 Å². The molecule has 0 saturated heterocycles. The second-order valence-corrected chi connectivity index (χ2v) is 8.83. The summed E-state index contributed by atoms with van der Waals surface area (Å²) in [7, 11) is 0. The average molecular weight is 312 g/mol. The molecule has 0 aromatic carbocycles. The quantitative estimate of drug-likeness (QED) is 0.837. The van der Waals surface area contributed by atoms with E-state index in [-0.39, 0.29) is 35.4 Å². The standard InChI is InChI=1S/C17H32N2O3/c1-15(2,3)11(9-20)18-13(21)17(7,8)14-19-12(10-22-14)16(4,5)6/h11-12,20H,9-10H2,1-8H3,(H,18,21). The van der Waals surface area contributed by atoms with E-state index in [2.05, 4.69) is 31.1 Å². The molecule has 1 aliphatic rings. The maximum atomic E-state index is 12.6. The van der Waals surface area contributed by atoms with Crippen molar-refractivity contribution in [3.63, 3.8) is 0 Å². The normalized spacial score (nSPS) is 21.1. The minimum absolute atomic E-state index is 0.00729. The highest BCUT2D eigenvalue weighted by Gasteiger charge is 2.42. The van der Waals surface area contributed by atoms with E-state index >= 15 is 0 Å². The van der Waals surface area contributed by atoms with Gasteiger partial charge in [-0.15, -0.1) is 0 Å². The van der Waals surface area contributed by atoms with Crippen LogP contribution in [0.25, 0.3) is 0 Å². The molecule has 2 unspecified atom stereocenters. The maximum Gasteiger partial charge on any atom is 0.235 e. The first-order valence-corrected chi connectivity index (χ1v) is 7.93. The number of hydrogen-bond acceptors (Lipinski definition) is 4. The third-order valence-corrected chi connectivity index (χ3v) is 4.29. The van der Waals surface area contributed by atoms with Gasteiger partial charge in [0.2, 0.25) is 5.91 Å². The molecule has 22 heavy (non-hydrogen) atoms. The van der Waals surface area contributed by atoms with Crippen LogP contribution in [0.15, 0.2) is 4.99 Å². The third-order valence-electron chi connectivity index (χ3n) is 4.29. The van der Waals surface area contributed by atoms with Gasteiger partial charge in [-0.2, -0.15) is 0 Å². The molecule has 1 heterocycles. The van der Waals surface area contributed by atoms with Crippen LogP contribution in [0.3, 0.4) is 0 Å². The van der Waals surface area contributed by atoms with Crippen LogP contribution in [0.4, 0.5) is 0 Å². The lowest BCUT2D eigenvalue weighted by Gasteiger charge is -2.33. The second-order valence-electron chi connectivity index (χ2n) is 8.83. The van der Waals surface area contributed by atoms with E-state index in [4.69, 9.17) is 4.74 Å². The van der Waals surface area contributed by atoms with Crippen molar-refractivity contribution in [2.24, 2.45) is 21.2 Å². The highest BCUT2D eigenvalue weighted by molar-refractivity contribution is 6.04. The summed E-state index contributed by atoms with van der Waals surface area (Å²) in [6.07, 6.45) is 0. The van der Waals surface area contributed by atoms with Gasteiger partial charge < -0.3 is 15.2 Å². The van der Waals surface area contributed by atoms with Crippen LogP contribution in [0.5, 0.6) is 0 Å². The lowest BCUT2D eigenvalue weighted by Crippen LogP contribution is -2.52. The first-order valence-electron chi connectivity index (χ1n) is 7.93. The molecule has 0 spiro atoms. The van der Waals surface area contributed by atoms with Crippen molar-refractivity contribution in [3.05, 3.63) is 0 Å². The Morgan fingerprint density at radius 2 is 1.82 bits per heavy atom. The third kappa shape index (κ3) is 4.22. The number of aliphatic hydroxyl groups excluding tert-OH is 1. The predicted octanol–water partition coefficient (Wildman–Crippen LogP) is 2.38. The lowest BCUT2D eigenvalue weighted by molar-refractivity contribution is -0.128. The van der Waals surface area contributed by atoms with E-state index in [0.29, 0.717) is 12.5 Å². The minimum Gasteiger partial charge on any atom is -0.478 e. The number of aliphatic hydroxyl groups is 1. The molecule has 5 nitrogen and oxygen atoms in total. The molecule has 0 aliphatic carbocycles. The first-order chi connectivity index (χ1) is 9.80. The summed E-state index contributed by atoms with van der Waals surface area (Å²) < 4.78 is 5.71. The Morgan fingerprint density at radius 3 is 2.18 bits per heavy atom. The Hall–Kier alpha value is -1.10. The molecule has 0 fully saturated rings. The lowest BCUT2D eigenvalue weighted by atomic mass is 9.85. The Balaban J connectivity index is 2.88. The molecule has 0 aromatic heterocycles. The Morgan fingerprint density at radius 1 is 1.27 bits per heavy atom. The van der Waals surface area contributed by atoms with Crippen molar-refractivity contribution in [1.82, 2.24) is 5.32 Å². The van der Waals surface area contributed by atoms with Crippen LogP contribution in [0.2, 0.25) is 0 Å². The number of rotatable bonds is 4. The fraction of sp³-hybridized carbons (Fsp3) is 0.882. The number of carbonyl (C=O) groups excluding carboxylic acids is 1. The minimum atomic E-state index is -0.849. The topological polar surface area (TPSA) is 70.9 Å². The Bertz CT molecular complexity index is 442. The summed E-state index contributed by atoms with van der Waals surface area (Å²) in [5.41, 5.74) is -1.06. The van der Waals surface area contributed by atoms with Crippen molar-refractivity contribution >= 4 is 11.8 Å². The zero-order chi connectivity index (χ0) is 17.3. The van der Waals surface area contributed by atoms with Crippen molar-refractivity contribution < 1.29 is 14.6 Å². The molecule has 128 valence electrons. The molecule has 2 atom stereocenters. The van der Waals surface area contributed by atoms with Gasteiger partial charge in [0.05, 0.1) is 18.7 Å². The van der Waals surface area contributed by atoms with E-state index < -0.39 is 5.41 Å². The molecule has 0 radical (unpaired) electrons. The van der Waals surface area contributed by atoms with Gasteiger partial charge in [0.1, 0.15) is 12.0 Å². The van der Waals surface area contributed by atoms with Gasteiger partial charge >= 0.3 is 0 Å². The summed E-state index contributed by atoms with van der Waals surface area (Å²) in [4.78, 5) is 17.3. The fourth-order valence-corrected chi connectivity index (χ4v) is 2.13. The van der Waals surface area contributed by atoms with Crippen LogP contribution >= 0.6 is 0 Å². The zero-order valence-electron chi connectivity index (χ0n) is 15.3. The molecular weight excluding hydrogens is 280 g/mol. The number of carbonyl (C=O) groups is 1. The van der Waals surface area contributed by atoms with Gasteiger partial charge in [-0.05, 0) is 24.7 Å². The highest BCUT2D eigenvalue weighted by atomic mass is 16.5. The maximum absolute atomic E-state index is 12.6. The molecular formula is C17H32N2O3. The number of hydrogen-bond donors (Lipinski definition) is 2. The molecule has 0 saturated carbocycles. The van der Waals surface area contributed by atoms with Gasteiger partial charge in [0, 0.05) is 0 Å².